The third kappa shape index (κ3) is 2.62. The maximum atomic E-state index is 4.80. The average molecular weight is 276 g/mol. The summed E-state index contributed by atoms with van der Waals surface area (Å²) < 4.78 is 0. The Labute approximate surface area is 125 Å². The summed E-state index contributed by atoms with van der Waals surface area (Å²) >= 11 is 0. The molecule has 0 atom stereocenters. The van der Waals surface area contributed by atoms with Gasteiger partial charge in [-0.15, -0.1) is 0 Å². The highest BCUT2D eigenvalue weighted by Crippen LogP contribution is 2.26. The van der Waals surface area contributed by atoms with Crippen molar-refractivity contribution in [3.05, 3.63) is 64.7 Å². The molecule has 0 aliphatic rings. The summed E-state index contributed by atoms with van der Waals surface area (Å²) in [5.41, 5.74) is 7.16. The second-order valence-electron chi connectivity index (χ2n) is 5.74. The quantitative estimate of drug-likeness (QED) is 0.694. The van der Waals surface area contributed by atoms with Crippen LogP contribution >= 0.6 is 0 Å². The second kappa shape index (κ2) is 5.21. The van der Waals surface area contributed by atoms with Gasteiger partial charge in [0.1, 0.15) is 5.82 Å². The van der Waals surface area contributed by atoms with Crippen LogP contribution in [-0.4, -0.2) is 4.98 Å². The number of nitrogens with one attached hydrogen (secondary N) is 1. The Balaban J connectivity index is 2.11. The van der Waals surface area contributed by atoms with Crippen LogP contribution in [0.1, 0.15) is 22.3 Å². The first kappa shape index (κ1) is 13.6. The highest BCUT2D eigenvalue weighted by molar-refractivity contribution is 5.87. The molecule has 0 saturated heterocycles. The smallest absolute Gasteiger partial charge is 0.131 e. The number of hydrogen-bond acceptors (Lipinski definition) is 2. The molecular formula is C19H20N2. The molecule has 0 spiro atoms. The van der Waals surface area contributed by atoms with E-state index in [4.69, 9.17) is 4.98 Å². The van der Waals surface area contributed by atoms with E-state index in [2.05, 4.69) is 63.3 Å². The molecule has 0 unspecified atom stereocenters. The minimum Gasteiger partial charge on any atom is -0.340 e. The third-order valence-electron chi connectivity index (χ3n) is 3.86. The van der Waals surface area contributed by atoms with Crippen LogP contribution in [0.2, 0.25) is 0 Å². The topological polar surface area (TPSA) is 24.9 Å². The van der Waals surface area contributed by atoms with E-state index < -0.39 is 0 Å². The number of benzene rings is 2. The van der Waals surface area contributed by atoms with Gasteiger partial charge in [-0.3, -0.25) is 0 Å². The predicted octanol–water partition coefficient (Wildman–Crippen LogP) is 5.21. The van der Waals surface area contributed by atoms with Crippen LogP contribution < -0.4 is 5.32 Å². The number of anilines is 2. The zero-order valence-corrected chi connectivity index (χ0v) is 13.0. The maximum Gasteiger partial charge on any atom is 0.131 e. The molecule has 3 rings (SSSR count). The fourth-order valence-corrected chi connectivity index (χ4v) is 2.76. The highest BCUT2D eigenvalue weighted by Gasteiger charge is 2.07. The summed E-state index contributed by atoms with van der Waals surface area (Å²) in [6.07, 6.45) is 0. The fraction of sp³-hybridized carbons (Fsp3) is 0.211. The number of pyridine rings is 1. The molecule has 2 nitrogen and oxygen atoms in total. The Hall–Kier alpha value is -2.35. The van der Waals surface area contributed by atoms with Gasteiger partial charge >= 0.3 is 0 Å². The molecule has 21 heavy (non-hydrogen) atoms. The van der Waals surface area contributed by atoms with Gasteiger partial charge in [-0.2, -0.15) is 0 Å². The lowest BCUT2D eigenvalue weighted by Crippen LogP contribution is -1.98. The summed E-state index contributed by atoms with van der Waals surface area (Å²) in [5.74, 6) is 0.904. The highest BCUT2D eigenvalue weighted by atomic mass is 15.0. The molecule has 1 heterocycles. The Bertz CT molecular complexity index is 819. The van der Waals surface area contributed by atoms with Gasteiger partial charge in [0.25, 0.3) is 0 Å². The first-order valence-corrected chi connectivity index (χ1v) is 7.26. The first-order valence-electron chi connectivity index (χ1n) is 7.26. The van der Waals surface area contributed by atoms with Crippen molar-refractivity contribution in [1.29, 1.82) is 0 Å². The minimum atomic E-state index is 0.904. The number of rotatable bonds is 2. The molecular weight excluding hydrogens is 256 g/mol. The van der Waals surface area contributed by atoms with Crippen LogP contribution in [0, 0.1) is 27.7 Å². The standard InChI is InChI=1S/C19H20N2/c1-12-9-15(4)19-16(10-12)14(3)11-18(21-19)20-17-8-6-5-7-13(17)2/h5-11H,1-4H3,(H,20,21). The number of para-hydroxylation sites is 1. The molecule has 0 amide bonds. The van der Waals surface area contributed by atoms with E-state index >= 15 is 0 Å². The lowest BCUT2D eigenvalue weighted by molar-refractivity contribution is 1.29. The number of aromatic nitrogens is 1. The largest absolute Gasteiger partial charge is 0.340 e. The summed E-state index contributed by atoms with van der Waals surface area (Å²) in [5, 5.41) is 4.67. The van der Waals surface area contributed by atoms with Gasteiger partial charge in [0.15, 0.2) is 0 Å². The van der Waals surface area contributed by atoms with Gasteiger partial charge in [0.2, 0.25) is 0 Å². The van der Waals surface area contributed by atoms with Crippen LogP contribution in [0.3, 0.4) is 0 Å². The summed E-state index contributed by atoms with van der Waals surface area (Å²) in [7, 11) is 0. The molecule has 1 N–H and O–H groups in total. The van der Waals surface area contributed by atoms with Crippen LogP contribution in [0.5, 0.6) is 0 Å². The Kier molecular flexibility index (Phi) is 3.38. The molecule has 0 radical (unpaired) electrons. The predicted molar refractivity (Wildman–Crippen MR) is 90.4 cm³/mol. The molecule has 0 bridgehead atoms. The van der Waals surface area contributed by atoms with Crippen molar-refractivity contribution in [2.75, 3.05) is 5.32 Å². The van der Waals surface area contributed by atoms with Crippen LogP contribution in [0.15, 0.2) is 42.5 Å². The summed E-state index contributed by atoms with van der Waals surface area (Å²) in [6.45, 7) is 8.50. The van der Waals surface area contributed by atoms with E-state index in [0.717, 1.165) is 17.0 Å². The van der Waals surface area contributed by atoms with Gasteiger partial charge in [0.05, 0.1) is 5.52 Å². The van der Waals surface area contributed by atoms with E-state index in [1.165, 1.54) is 27.6 Å². The molecule has 106 valence electrons. The molecule has 0 aliphatic heterocycles. The van der Waals surface area contributed by atoms with Gasteiger partial charge in [-0.05, 0) is 62.6 Å². The van der Waals surface area contributed by atoms with E-state index in [1.807, 2.05) is 12.1 Å². The first-order chi connectivity index (χ1) is 10.0. The molecule has 0 aliphatic carbocycles. The van der Waals surface area contributed by atoms with E-state index in [0.29, 0.717) is 0 Å². The SMILES string of the molecule is Cc1cc(C)c2nc(Nc3ccccc3C)cc(C)c2c1. The van der Waals surface area contributed by atoms with Crippen molar-refractivity contribution in [2.45, 2.75) is 27.7 Å². The van der Waals surface area contributed by atoms with E-state index in [9.17, 15) is 0 Å². The van der Waals surface area contributed by atoms with Gasteiger partial charge in [0, 0.05) is 11.1 Å². The normalized spacial score (nSPS) is 10.9. The number of nitrogens with zero attached hydrogens (tertiary/aromatic N) is 1. The monoisotopic (exact) mass is 276 g/mol. The molecule has 0 saturated carbocycles. The van der Waals surface area contributed by atoms with Crippen molar-refractivity contribution in [1.82, 2.24) is 4.98 Å². The lowest BCUT2D eigenvalue weighted by Gasteiger charge is -2.12. The Morgan fingerprint density at radius 3 is 2.33 bits per heavy atom. The van der Waals surface area contributed by atoms with Crippen LogP contribution in [0.25, 0.3) is 10.9 Å². The number of fused-ring (bicyclic) bond motifs is 1. The van der Waals surface area contributed by atoms with Crippen molar-refractivity contribution < 1.29 is 0 Å². The van der Waals surface area contributed by atoms with Crippen molar-refractivity contribution in [3.63, 3.8) is 0 Å². The molecule has 3 aromatic rings. The Morgan fingerprint density at radius 2 is 1.57 bits per heavy atom. The van der Waals surface area contributed by atoms with Crippen LogP contribution in [0.4, 0.5) is 11.5 Å². The Morgan fingerprint density at radius 1 is 0.810 bits per heavy atom. The van der Waals surface area contributed by atoms with Crippen LogP contribution in [-0.2, 0) is 0 Å². The molecule has 2 heteroatoms. The molecule has 2 aromatic carbocycles. The van der Waals surface area contributed by atoms with Crippen molar-refractivity contribution in [3.8, 4) is 0 Å². The lowest BCUT2D eigenvalue weighted by atomic mass is 10.0. The zero-order chi connectivity index (χ0) is 15.0. The third-order valence-corrected chi connectivity index (χ3v) is 3.86. The maximum absolute atomic E-state index is 4.80. The number of hydrogen-bond donors (Lipinski definition) is 1. The molecule has 1 aromatic heterocycles. The van der Waals surface area contributed by atoms with Crippen molar-refractivity contribution >= 4 is 22.4 Å². The van der Waals surface area contributed by atoms with E-state index in [1.54, 1.807) is 0 Å². The summed E-state index contributed by atoms with van der Waals surface area (Å²) in [6, 6.07) is 14.8. The van der Waals surface area contributed by atoms with E-state index in [-0.39, 0.29) is 0 Å². The second-order valence-corrected chi connectivity index (χ2v) is 5.74. The fourth-order valence-electron chi connectivity index (χ4n) is 2.76. The minimum absolute atomic E-state index is 0.904. The van der Waals surface area contributed by atoms with Crippen molar-refractivity contribution in [2.24, 2.45) is 0 Å². The summed E-state index contributed by atoms with van der Waals surface area (Å²) in [4.78, 5) is 4.80. The molecule has 0 fully saturated rings. The zero-order valence-electron chi connectivity index (χ0n) is 13.0. The van der Waals surface area contributed by atoms with Gasteiger partial charge < -0.3 is 5.32 Å². The average Bonchev–Trinajstić information content (AvgIpc) is 2.43. The van der Waals surface area contributed by atoms with Gasteiger partial charge in [-0.1, -0.05) is 29.8 Å². The van der Waals surface area contributed by atoms with Gasteiger partial charge in [-0.25, -0.2) is 4.98 Å². The number of aryl methyl sites for hydroxylation is 4.